The molecule has 0 spiro atoms. The molecule has 0 fully saturated rings. The molecule has 5 heteroatoms. The van der Waals surface area contributed by atoms with Crippen molar-refractivity contribution in [1.29, 1.82) is 0 Å². The van der Waals surface area contributed by atoms with Gasteiger partial charge in [0.1, 0.15) is 25.7 Å². The fraction of sp³-hybridized carbons (Fsp3) is 0.333. The van der Waals surface area contributed by atoms with Gasteiger partial charge in [-0.05, 0) is 11.6 Å². The molecule has 0 saturated heterocycles. The highest BCUT2D eigenvalue weighted by molar-refractivity contribution is 5.72. The summed E-state index contributed by atoms with van der Waals surface area (Å²) in [5.74, 6) is 0. The third-order valence-electron chi connectivity index (χ3n) is 1.85. The lowest BCUT2D eigenvalue weighted by Crippen LogP contribution is -2.03. The zero-order chi connectivity index (χ0) is 10.6. The zero-order valence-corrected chi connectivity index (χ0v) is 7.27. The van der Waals surface area contributed by atoms with Crippen molar-refractivity contribution in [3.05, 3.63) is 28.6 Å². The van der Waals surface area contributed by atoms with E-state index < -0.39 is 20.0 Å². The van der Waals surface area contributed by atoms with Gasteiger partial charge in [-0.25, -0.2) is 18.2 Å². The Kier molecular flexibility index (Phi) is 3.62. The summed E-state index contributed by atoms with van der Waals surface area (Å²) in [6.07, 6.45) is 0.375. The topological polar surface area (TPSA) is 30.0 Å². The summed E-state index contributed by atoms with van der Waals surface area (Å²) in [5, 5.41) is 0. The van der Waals surface area contributed by atoms with Gasteiger partial charge in [0, 0.05) is 5.56 Å². The normalized spacial score (nSPS) is 10.2. The monoisotopic (exact) mass is 203 g/mol. The minimum Gasteiger partial charge on any atom is -0.296 e. The third kappa shape index (κ3) is 1.92. The summed E-state index contributed by atoms with van der Waals surface area (Å²) in [6, 6.07) is 1.13. The lowest BCUT2D eigenvalue weighted by molar-refractivity contribution is 0.111. The Balaban J connectivity index is 3.31. The fourth-order valence-corrected chi connectivity index (χ4v) is 1.16. The van der Waals surface area contributed by atoms with Gasteiger partial charge in [0.15, 0.2) is 6.29 Å². The second-order valence-corrected chi connectivity index (χ2v) is 2.65. The van der Waals surface area contributed by atoms with Crippen LogP contribution in [0.4, 0.5) is 13.2 Å². The van der Waals surface area contributed by atoms with Gasteiger partial charge in [0.2, 0.25) is 0 Å². The van der Waals surface area contributed by atoms with Crippen LogP contribution in [0.15, 0.2) is 6.07 Å². The lowest BCUT2D eigenvalue weighted by Gasteiger charge is -2.07. The predicted molar refractivity (Wildman–Crippen MR) is 44.1 cm³/mol. The molecule has 1 aromatic rings. The maximum atomic E-state index is 12.4. The van der Waals surface area contributed by atoms with E-state index in [1.54, 1.807) is 0 Å². The van der Waals surface area contributed by atoms with E-state index >= 15 is 0 Å². The van der Waals surface area contributed by atoms with Crippen molar-refractivity contribution in [1.82, 2.24) is 4.98 Å². The molecule has 76 valence electrons. The first kappa shape index (κ1) is 10.7. The predicted octanol–water partition coefficient (Wildman–Crippen LogP) is 2.30. The van der Waals surface area contributed by atoms with E-state index in [2.05, 4.69) is 4.98 Å². The zero-order valence-electron chi connectivity index (χ0n) is 7.27. The minimum absolute atomic E-state index is 0.0164. The van der Waals surface area contributed by atoms with E-state index in [0.29, 0.717) is 6.29 Å². The number of hydrogen-bond acceptors (Lipinski definition) is 2. The molecule has 0 aliphatic rings. The number of aldehydes is 1. The van der Waals surface area contributed by atoms with Crippen LogP contribution < -0.4 is 0 Å². The molecular weight excluding hydrogens is 195 g/mol. The van der Waals surface area contributed by atoms with E-state index in [1.807, 2.05) is 0 Å². The van der Waals surface area contributed by atoms with Crippen LogP contribution in [0.3, 0.4) is 0 Å². The first-order valence-corrected chi connectivity index (χ1v) is 3.91. The summed E-state index contributed by atoms with van der Waals surface area (Å²) < 4.78 is 37.1. The number of nitrogens with zero attached hydrogens (tertiary/aromatic N) is 1. The van der Waals surface area contributed by atoms with E-state index in [4.69, 9.17) is 0 Å². The summed E-state index contributed by atoms with van der Waals surface area (Å²) in [7, 11) is 0. The Labute approximate surface area is 78.8 Å². The number of carbonyl (C=O) groups excluding carboxylic acids is 1. The molecule has 2 nitrogen and oxygen atoms in total. The molecule has 1 rings (SSSR count). The standard InChI is InChI=1S/C9H8F3NO/c10-2-6-1-7(5-14)13-9(4-12)8(6)3-11/h1,5H,2-4H2. The Hall–Kier alpha value is -1.39. The Morgan fingerprint density at radius 1 is 1.21 bits per heavy atom. The fourth-order valence-electron chi connectivity index (χ4n) is 1.16. The van der Waals surface area contributed by atoms with Gasteiger partial charge in [-0.1, -0.05) is 0 Å². The van der Waals surface area contributed by atoms with Crippen LogP contribution in [0, 0.1) is 0 Å². The van der Waals surface area contributed by atoms with Crippen molar-refractivity contribution in [3.8, 4) is 0 Å². The number of aromatic nitrogens is 1. The number of alkyl halides is 3. The Morgan fingerprint density at radius 2 is 1.93 bits per heavy atom. The largest absolute Gasteiger partial charge is 0.296 e. The molecule has 0 bridgehead atoms. The second kappa shape index (κ2) is 4.74. The molecule has 0 aliphatic carbocycles. The molecule has 0 aliphatic heterocycles. The molecule has 14 heavy (non-hydrogen) atoms. The van der Waals surface area contributed by atoms with Crippen LogP contribution in [0.1, 0.15) is 27.3 Å². The highest BCUT2D eigenvalue weighted by Gasteiger charge is 2.11. The van der Waals surface area contributed by atoms with Crippen LogP contribution in [-0.4, -0.2) is 11.3 Å². The summed E-state index contributed by atoms with van der Waals surface area (Å²) in [4.78, 5) is 13.9. The van der Waals surface area contributed by atoms with Crippen LogP contribution in [-0.2, 0) is 20.0 Å². The van der Waals surface area contributed by atoms with Gasteiger partial charge in [0.05, 0.1) is 5.69 Å². The highest BCUT2D eigenvalue weighted by Crippen LogP contribution is 2.17. The van der Waals surface area contributed by atoms with E-state index in [9.17, 15) is 18.0 Å². The third-order valence-corrected chi connectivity index (χ3v) is 1.85. The van der Waals surface area contributed by atoms with Gasteiger partial charge in [-0.15, -0.1) is 0 Å². The van der Waals surface area contributed by atoms with Crippen molar-refractivity contribution in [3.63, 3.8) is 0 Å². The van der Waals surface area contributed by atoms with Crippen LogP contribution in [0.25, 0.3) is 0 Å². The average Bonchev–Trinajstić information content (AvgIpc) is 2.26. The van der Waals surface area contributed by atoms with Gasteiger partial charge < -0.3 is 0 Å². The van der Waals surface area contributed by atoms with Gasteiger partial charge >= 0.3 is 0 Å². The molecular formula is C9H8F3NO. The molecule has 0 atom stereocenters. The average molecular weight is 203 g/mol. The van der Waals surface area contributed by atoms with Crippen molar-refractivity contribution < 1.29 is 18.0 Å². The summed E-state index contributed by atoms with van der Waals surface area (Å²) in [6.45, 7) is -2.92. The first-order valence-electron chi connectivity index (χ1n) is 3.91. The van der Waals surface area contributed by atoms with E-state index in [-0.39, 0.29) is 22.5 Å². The summed E-state index contributed by atoms with van der Waals surface area (Å²) >= 11 is 0. The number of rotatable bonds is 4. The van der Waals surface area contributed by atoms with Gasteiger partial charge in [0.25, 0.3) is 0 Å². The van der Waals surface area contributed by atoms with Crippen LogP contribution in [0.5, 0.6) is 0 Å². The van der Waals surface area contributed by atoms with E-state index in [1.165, 1.54) is 0 Å². The van der Waals surface area contributed by atoms with Gasteiger partial charge in [-0.2, -0.15) is 0 Å². The molecule has 0 unspecified atom stereocenters. The SMILES string of the molecule is O=Cc1cc(CF)c(CF)c(CF)n1. The summed E-state index contributed by atoms with van der Waals surface area (Å²) in [5.41, 5.74) is -0.398. The van der Waals surface area contributed by atoms with Crippen molar-refractivity contribution in [2.75, 3.05) is 0 Å². The number of pyridine rings is 1. The Bertz CT molecular complexity index is 316. The van der Waals surface area contributed by atoms with Gasteiger partial charge in [-0.3, -0.25) is 4.79 Å². The van der Waals surface area contributed by atoms with Crippen LogP contribution in [0.2, 0.25) is 0 Å². The lowest BCUT2D eigenvalue weighted by atomic mass is 10.1. The molecule has 0 radical (unpaired) electrons. The molecule has 0 aromatic carbocycles. The van der Waals surface area contributed by atoms with Crippen LogP contribution >= 0.6 is 0 Å². The highest BCUT2D eigenvalue weighted by atomic mass is 19.1. The second-order valence-electron chi connectivity index (χ2n) is 2.65. The Morgan fingerprint density at radius 3 is 2.36 bits per heavy atom. The minimum atomic E-state index is -1.01. The van der Waals surface area contributed by atoms with Crippen molar-refractivity contribution in [2.24, 2.45) is 0 Å². The first-order chi connectivity index (χ1) is 6.76. The molecule has 1 heterocycles. The van der Waals surface area contributed by atoms with Crippen molar-refractivity contribution in [2.45, 2.75) is 20.0 Å². The number of halogens is 3. The maximum absolute atomic E-state index is 12.4. The quantitative estimate of drug-likeness (QED) is 0.703. The molecule has 0 amide bonds. The van der Waals surface area contributed by atoms with Crippen molar-refractivity contribution >= 4 is 6.29 Å². The number of carbonyl (C=O) groups is 1. The molecule has 1 aromatic heterocycles. The number of hydrogen-bond donors (Lipinski definition) is 0. The smallest absolute Gasteiger partial charge is 0.168 e. The molecule has 0 N–H and O–H groups in total. The molecule has 0 saturated carbocycles. The van der Waals surface area contributed by atoms with E-state index in [0.717, 1.165) is 6.07 Å². The maximum Gasteiger partial charge on any atom is 0.168 e.